The molecule has 0 spiro atoms. The van der Waals surface area contributed by atoms with Crippen LogP contribution in [0.25, 0.3) is 0 Å². The highest BCUT2D eigenvalue weighted by atomic mass is 19.1. The number of morpholine rings is 1. The molecule has 37 heavy (non-hydrogen) atoms. The van der Waals surface area contributed by atoms with Gasteiger partial charge in [-0.25, -0.2) is 9.37 Å². The molecule has 2 aliphatic heterocycles. The van der Waals surface area contributed by atoms with Crippen molar-refractivity contribution in [2.75, 3.05) is 64.2 Å². The Morgan fingerprint density at radius 1 is 1.08 bits per heavy atom. The van der Waals surface area contributed by atoms with Crippen LogP contribution in [0.5, 0.6) is 11.5 Å². The maximum Gasteiger partial charge on any atom is 0.229 e. The molecule has 0 bridgehead atoms. The average Bonchev–Trinajstić information content (AvgIpc) is 2.85. The van der Waals surface area contributed by atoms with E-state index in [1.807, 2.05) is 18.2 Å². The number of likely N-dealkylation sites (tertiary alicyclic amines) is 1. The van der Waals surface area contributed by atoms with Crippen molar-refractivity contribution < 1.29 is 18.6 Å². The Hall–Kier alpha value is -2.69. The van der Waals surface area contributed by atoms with Crippen LogP contribution in [0, 0.1) is 5.82 Å². The van der Waals surface area contributed by atoms with Crippen molar-refractivity contribution in [3.05, 3.63) is 30.2 Å². The molecule has 0 atom stereocenters. The van der Waals surface area contributed by atoms with E-state index in [0.29, 0.717) is 29.7 Å². The summed E-state index contributed by atoms with van der Waals surface area (Å²) in [6.07, 6.45) is 2.95. The van der Waals surface area contributed by atoms with E-state index in [1.54, 1.807) is 7.11 Å². The summed E-state index contributed by atoms with van der Waals surface area (Å²) < 4.78 is 31.6. The van der Waals surface area contributed by atoms with Gasteiger partial charge in [-0.2, -0.15) is 4.98 Å². The number of methoxy groups -OCH3 is 1. The quantitative estimate of drug-likeness (QED) is 0.511. The highest BCUT2D eigenvalue weighted by molar-refractivity contribution is 5.60. The molecule has 2 aliphatic rings. The number of hydrogen-bond donors (Lipinski definition) is 2. The van der Waals surface area contributed by atoms with Crippen LogP contribution in [0.4, 0.5) is 21.8 Å². The molecule has 0 radical (unpaired) electrons. The molecule has 2 aromatic rings. The first-order valence-corrected chi connectivity index (χ1v) is 13.0. The normalized spacial score (nSPS) is 20.4. The number of nitrogens with zero attached hydrogens (tertiary/aromatic N) is 4. The van der Waals surface area contributed by atoms with E-state index in [9.17, 15) is 4.39 Å². The molecule has 4 rings (SSSR count). The van der Waals surface area contributed by atoms with Gasteiger partial charge in [-0.1, -0.05) is 0 Å². The fourth-order valence-electron chi connectivity index (χ4n) is 5.29. The molecule has 0 unspecified atom stereocenters. The van der Waals surface area contributed by atoms with Crippen LogP contribution >= 0.6 is 0 Å². The van der Waals surface area contributed by atoms with Gasteiger partial charge in [-0.3, -0.25) is 9.80 Å². The Labute approximate surface area is 219 Å². The zero-order valence-electron chi connectivity index (χ0n) is 22.9. The van der Waals surface area contributed by atoms with Gasteiger partial charge in [-0.15, -0.1) is 0 Å². The van der Waals surface area contributed by atoms with Crippen molar-refractivity contribution >= 4 is 17.5 Å². The third kappa shape index (κ3) is 7.00. The van der Waals surface area contributed by atoms with Gasteiger partial charge in [0, 0.05) is 60.6 Å². The predicted octanol–water partition coefficient (Wildman–Crippen LogP) is 4.14. The minimum atomic E-state index is -0.474. The standard InChI is InChI=1S/C27H41FN6O3/c1-26(2)16-20(17-27(3,4)33(26)5)30-24-23(28)18-29-25(32-24)31-19-13-21(35-6)15-22(14-19)37-12-9-34-7-10-36-11-8-34/h13-15,18,20H,7-12,16-17H2,1-6H3,(H2,29,30,31,32). The average molecular weight is 517 g/mol. The summed E-state index contributed by atoms with van der Waals surface area (Å²) >= 11 is 0. The number of anilines is 3. The van der Waals surface area contributed by atoms with E-state index in [1.165, 1.54) is 6.20 Å². The zero-order valence-corrected chi connectivity index (χ0v) is 22.9. The first-order chi connectivity index (χ1) is 17.6. The molecule has 1 aromatic heterocycles. The van der Waals surface area contributed by atoms with E-state index >= 15 is 0 Å². The molecule has 2 fully saturated rings. The van der Waals surface area contributed by atoms with Crippen molar-refractivity contribution in [1.29, 1.82) is 0 Å². The Morgan fingerprint density at radius 2 is 1.76 bits per heavy atom. The van der Waals surface area contributed by atoms with Crippen molar-refractivity contribution in [3.63, 3.8) is 0 Å². The van der Waals surface area contributed by atoms with Gasteiger partial charge in [-0.05, 0) is 47.6 Å². The van der Waals surface area contributed by atoms with E-state index in [0.717, 1.165) is 45.7 Å². The molecule has 2 saturated heterocycles. The molecule has 0 aliphatic carbocycles. The summed E-state index contributed by atoms with van der Waals surface area (Å²) in [5.41, 5.74) is 0.644. The molecule has 9 nitrogen and oxygen atoms in total. The van der Waals surface area contributed by atoms with E-state index in [-0.39, 0.29) is 22.9 Å². The summed E-state index contributed by atoms with van der Waals surface area (Å²) in [4.78, 5) is 13.3. The van der Waals surface area contributed by atoms with E-state index in [4.69, 9.17) is 14.2 Å². The molecule has 10 heteroatoms. The number of piperidine rings is 1. The van der Waals surface area contributed by atoms with Crippen LogP contribution in [0.15, 0.2) is 24.4 Å². The lowest BCUT2D eigenvalue weighted by Gasteiger charge is -2.53. The molecule has 3 heterocycles. The summed E-state index contributed by atoms with van der Waals surface area (Å²) in [7, 11) is 3.76. The number of hydrogen-bond acceptors (Lipinski definition) is 9. The van der Waals surface area contributed by atoms with Crippen LogP contribution in [0.2, 0.25) is 0 Å². The lowest BCUT2D eigenvalue weighted by Crippen LogP contribution is -2.61. The van der Waals surface area contributed by atoms with Crippen LogP contribution in [0.3, 0.4) is 0 Å². The largest absolute Gasteiger partial charge is 0.497 e. The number of aromatic nitrogens is 2. The highest BCUT2D eigenvalue weighted by Gasteiger charge is 2.43. The van der Waals surface area contributed by atoms with Gasteiger partial charge in [0.15, 0.2) is 11.6 Å². The summed E-state index contributed by atoms with van der Waals surface area (Å²) in [5, 5.41) is 6.52. The number of nitrogens with one attached hydrogen (secondary N) is 2. The summed E-state index contributed by atoms with van der Waals surface area (Å²) in [6.45, 7) is 13.6. The second-order valence-electron chi connectivity index (χ2n) is 11.1. The maximum absolute atomic E-state index is 14.7. The third-order valence-electron chi connectivity index (χ3n) is 7.54. The lowest BCUT2D eigenvalue weighted by molar-refractivity contribution is -0.00778. The zero-order chi connectivity index (χ0) is 26.6. The van der Waals surface area contributed by atoms with Gasteiger partial charge in [0.05, 0.1) is 26.5 Å². The summed E-state index contributed by atoms with van der Waals surface area (Å²) in [6, 6.07) is 5.62. The van der Waals surface area contributed by atoms with Crippen molar-refractivity contribution in [2.45, 2.75) is 57.7 Å². The van der Waals surface area contributed by atoms with Gasteiger partial charge in [0.25, 0.3) is 0 Å². The molecule has 2 N–H and O–H groups in total. The third-order valence-corrected chi connectivity index (χ3v) is 7.54. The van der Waals surface area contributed by atoms with Gasteiger partial charge < -0.3 is 24.8 Å². The van der Waals surface area contributed by atoms with E-state index < -0.39 is 5.82 Å². The Balaban J connectivity index is 1.43. The van der Waals surface area contributed by atoms with E-state index in [2.05, 4.69) is 65.1 Å². The number of ether oxygens (including phenoxy) is 3. The molecule has 1 aromatic carbocycles. The fraction of sp³-hybridized carbons (Fsp3) is 0.630. The smallest absolute Gasteiger partial charge is 0.229 e. The predicted molar refractivity (Wildman–Crippen MR) is 144 cm³/mol. The lowest BCUT2D eigenvalue weighted by atomic mass is 9.77. The van der Waals surface area contributed by atoms with Crippen molar-refractivity contribution in [3.8, 4) is 11.5 Å². The highest BCUT2D eigenvalue weighted by Crippen LogP contribution is 2.38. The second kappa shape index (κ2) is 11.4. The summed E-state index contributed by atoms with van der Waals surface area (Å²) in [5.74, 6) is 1.33. The number of benzene rings is 1. The SMILES string of the molecule is COc1cc(Nc2ncc(F)c(NC3CC(C)(C)N(C)C(C)(C)C3)n2)cc(OCCN2CCOCC2)c1. The Kier molecular flexibility index (Phi) is 8.40. The van der Waals surface area contributed by atoms with Crippen LogP contribution in [-0.2, 0) is 4.74 Å². The van der Waals surface area contributed by atoms with Crippen LogP contribution in [0.1, 0.15) is 40.5 Å². The van der Waals surface area contributed by atoms with Crippen molar-refractivity contribution in [1.82, 2.24) is 19.8 Å². The molecule has 204 valence electrons. The second-order valence-corrected chi connectivity index (χ2v) is 11.1. The van der Waals surface area contributed by atoms with Gasteiger partial charge in [0.2, 0.25) is 5.95 Å². The maximum atomic E-state index is 14.7. The molecule has 0 amide bonds. The van der Waals surface area contributed by atoms with Crippen LogP contribution < -0.4 is 20.1 Å². The first kappa shape index (κ1) is 27.3. The van der Waals surface area contributed by atoms with Gasteiger partial charge in [0.1, 0.15) is 18.1 Å². The minimum absolute atomic E-state index is 0.0250. The van der Waals surface area contributed by atoms with Crippen molar-refractivity contribution in [2.24, 2.45) is 0 Å². The number of rotatable bonds is 9. The fourth-order valence-corrected chi connectivity index (χ4v) is 5.29. The molecular formula is C27H41FN6O3. The van der Waals surface area contributed by atoms with Gasteiger partial charge >= 0.3 is 0 Å². The minimum Gasteiger partial charge on any atom is -0.497 e. The topological polar surface area (TPSA) is 84.0 Å². The Bertz CT molecular complexity index is 1040. The molecular weight excluding hydrogens is 475 g/mol. The monoisotopic (exact) mass is 516 g/mol. The molecule has 0 saturated carbocycles. The van der Waals surface area contributed by atoms with Crippen LogP contribution in [-0.4, -0.2) is 90.5 Å². The number of halogens is 1. The first-order valence-electron chi connectivity index (χ1n) is 13.0. The Morgan fingerprint density at radius 3 is 2.43 bits per heavy atom.